The van der Waals surface area contributed by atoms with Crippen molar-refractivity contribution in [3.8, 4) is 11.5 Å². The molecule has 0 amide bonds. The summed E-state index contributed by atoms with van der Waals surface area (Å²) in [4.78, 5) is 0. The van der Waals surface area contributed by atoms with E-state index in [0.717, 1.165) is 12.1 Å². The van der Waals surface area contributed by atoms with Crippen LogP contribution in [0.1, 0.15) is 11.1 Å². The molecular weight excluding hydrogens is 549 g/mol. The third-order valence-electron chi connectivity index (χ3n) is 3.74. The molecular formula is C26H24F6O2Zr. The number of halogens is 6. The molecule has 9 heteroatoms. The summed E-state index contributed by atoms with van der Waals surface area (Å²) in [7, 11) is 0. The molecule has 0 unspecified atom stereocenters. The Morgan fingerprint density at radius 3 is 1.06 bits per heavy atom. The second-order valence-corrected chi connectivity index (χ2v) is 6.85. The van der Waals surface area contributed by atoms with Crippen LogP contribution in [0.4, 0.5) is 26.3 Å². The van der Waals surface area contributed by atoms with Crippen LogP contribution in [0.2, 0.25) is 0 Å². The van der Waals surface area contributed by atoms with Crippen molar-refractivity contribution in [2.75, 3.05) is 0 Å². The molecule has 35 heavy (non-hydrogen) atoms. The number of alkyl halides is 6. The average molecular weight is 574 g/mol. The van der Waals surface area contributed by atoms with E-state index < -0.39 is 25.2 Å². The maximum Gasteiger partial charge on any atom is 2.00 e. The Bertz CT molecular complexity index is 893. The smallest absolute Gasteiger partial charge is 0.508 e. The van der Waals surface area contributed by atoms with Gasteiger partial charge in [0.15, 0.2) is 0 Å². The van der Waals surface area contributed by atoms with Gasteiger partial charge in [-0.3, -0.25) is 0 Å². The van der Waals surface area contributed by atoms with Gasteiger partial charge in [-0.25, -0.2) is 24.3 Å². The molecule has 4 rings (SSSR count). The van der Waals surface area contributed by atoms with Crippen LogP contribution >= 0.6 is 0 Å². The Balaban J connectivity index is 0.000000468. The van der Waals surface area contributed by atoms with Gasteiger partial charge in [0.2, 0.25) is 0 Å². The molecule has 0 saturated carbocycles. The quantitative estimate of drug-likeness (QED) is 0.190. The fraction of sp³-hybridized carbons (Fsp3) is 0.154. The van der Waals surface area contributed by atoms with E-state index in [1.54, 1.807) is 0 Å². The Morgan fingerprint density at radius 2 is 0.857 bits per heavy atom. The zero-order valence-electron chi connectivity index (χ0n) is 18.5. The van der Waals surface area contributed by atoms with Gasteiger partial charge in [-0.05, 0) is 35.4 Å². The number of phenolic OH excluding ortho intramolecular Hbond substituents is 2. The first-order valence-electron chi connectivity index (χ1n) is 9.97. The van der Waals surface area contributed by atoms with Gasteiger partial charge >= 0.3 is 38.6 Å². The van der Waals surface area contributed by atoms with Crippen LogP contribution in [0.15, 0.2) is 109 Å². The molecule has 0 aliphatic heterocycles. The minimum Gasteiger partial charge on any atom is -0.508 e. The van der Waals surface area contributed by atoms with Crippen LogP contribution in [0.25, 0.3) is 0 Å². The molecule has 186 valence electrons. The SMILES string of the molecule is Oc1cccc(CC(F)(F)F)c1.Oc1cccc(CC(F)(F)F)c1.[Zr+2].c1cc[cH-]c1.c1cc[cH-]c1. The molecule has 0 fully saturated rings. The Hall–Kier alpha value is -2.80. The zero-order chi connectivity index (χ0) is 25.5. The molecule has 0 atom stereocenters. The fourth-order valence-corrected chi connectivity index (χ4v) is 2.44. The maximum atomic E-state index is 11.8. The minimum absolute atomic E-state index is 0. The summed E-state index contributed by atoms with van der Waals surface area (Å²) in [5.41, 5.74) is 0.144. The largest absolute Gasteiger partial charge is 2.00 e. The third-order valence-corrected chi connectivity index (χ3v) is 3.74. The molecule has 0 bridgehead atoms. The number of aromatic hydroxyl groups is 2. The van der Waals surface area contributed by atoms with Gasteiger partial charge in [0.25, 0.3) is 0 Å². The maximum absolute atomic E-state index is 11.8. The van der Waals surface area contributed by atoms with Crippen molar-refractivity contribution in [2.45, 2.75) is 25.2 Å². The van der Waals surface area contributed by atoms with Crippen molar-refractivity contribution < 1.29 is 62.8 Å². The van der Waals surface area contributed by atoms with Gasteiger partial charge < -0.3 is 10.2 Å². The van der Waals surface area contributed by atoms with E-state index in [2.05, 4.69) is 0 Å². The van der Waals surface area contributed by atoms with Crippen molar-refractivity contribution in [3.63, 3.8) is 0 Å². The Morgan fingerprint density at radius 1 is 0.543 bits per heavy atom. The third kappa shape index (κ3) is 19.2. The van der Waals surface area contributed by atoms with Crippen molar-refractivity contribution in [2.24, 2.45) is 0 Å². The number of rotatable bonds is 2. The molecule has 4 aromatic carbocycles. The fourth-order valence-electron chi connectivity index (χ4n) is 2.44. The molecule has 0 saturated heterocycles. The summed E-state index contributed by atoms with van der Waals surface area (Å²) in [6, 6.07) is 30.3. The van der Waals surface area contributed by atoms with Crippen LogP contribution in [-0.4, -0.2) is 22.6 Å². The summed E-state index contributed by atoms with van der Waals surface area (Å²) in [5, 5.41) is 17.7. The van der Waals surface area contributed by atoms with Crippen molar-refractivity contribution in [1.29, 1.82) is 0 Å². The molecule has 0 aliphatic carbocycles. The van der Waals surface area contributed by atoms with Crippen LogP contribution in [0, 0.1) is 0 Å². The summed E-state index contributed by atoms with van der Waals surface area (Å²) in [6.07, 6.45) is -10.4. The first-order valence-corrected chi connectivity index (χ1v) is 9.97. The van der Waals surface area contributed by atoms with Crippen molar-refractivity contribution >= 4 is 0 Å². The van der Waals surface area contributed by atoms with Crippen molar-refractivity contribution in [3.05, 3.63) is 120 Å². The Labute approximate surface area is 219 Å². The number of hydrogen-bond donors (Lipinski definition) is 2. The molecule has 0 spiro atoms. The second kappa shape index (κ2) is 16.8. The van der Waals surface area contributed by atoms with Crippen LogP contribution in [0.3, 0.4) is 0 Å². The standard InChI is InChI=1S/2C8H7F3O.2C5H5.Zr/c2*9-8(10,11)5-6-2-1-3-7(12)4-6;2*1-2-4-5-3-1;/h2*1-4,12H,5H2;2*1-5H;/q;;2*-1;+2. The van der Waals surface area contributed by atoms with Gasteiger partial charge in [0.05, 0.1) is 12.8 Å². The van der Waals surface area contributed by atoms with E-state index >= 15 is 0 Å². The molecule has 2 nitrogen and oxygen atoms in total. The monoisotopic (exact) mass is 572 g/mol. The second-order valence-electron chi connectivity index (χ2n) is 6.85. The van der Waals surface area contributed by atoms with E-state index in [1.807, 2.05) is 60.7 Å². The van der Waals surface area contributed by atoms with Crippen molar-refractivity contribution in [1.82, 2.24) is 0 Å². The Kier molecular flexibility index (Phi) is 15.4. The van der Waals surface area contributed by atoms with Gasteiger partial charge in [-0.2, -0.15) is 62.7 Å². The average Bonchev–Trinajstić information content (AvgIpc) is 3.45. The molecule has 2 N–H and O–H groups in total. The molecule has 0 radical (unpaired) electrons. The van der Waals surface area contributed by atoms with E-state index in [0.29, 0.717) is 0 Å². The van der Waals surface area contributed by atoms with Gasteiger partial charge in [0.1, 0.15) is 11.5 Å². The first-order chi connectivity index (χ1) is 15.9. The summed E-state index contributed by atoms with van der Waals surface area (Å²) in [6.45, 7) is 0. The summed E-state index contributed by atoms with van der Waals surface area (Å²) < 4.78 is 70.7. The topological polar surface area (TPSA) is 40.5 Å². The number of phenols is 2. The summed E-state index contributed by atoms with van der Waals surface area (Å²) in [5.74, 6) is -0.284. The minimum atomic E-state index is -4.21. The van der Waals surface area contributed by atoms with Gasteiger partial charge in [-0.15, -0.1) is 0 Å². The first kappa shape index (κ1) is 32.2. The van der Waals surface area contributed by atoms with Gasteiger partial charge in [-0.1, -0.05) is 24.3 Å². The molecule has 0 heterocycles. The summed E-state index contributed by atoms with van der Waals surface area (Å²) >= 11 is 0. The van der Waals surface area contributed by atoms with E-state index in [9.17, 15) is 26.3 Å². The predicted octanol–water partition coefficient (Wildman–Crippen LogP) is 7.80. The van der Waals surface area contributed by atoms with E-state index in [-0.39, 0.29) is 48.8 Å². The van der Waals surface area contributed by atoms with E-state index in [4.69, 9.17) is 10.2 Å². The number of hydrogen-bond acceptors (Lipinski definition) is 2. The number of benzene rings is 2. The molecule has 0 aromatic heterocycles. The van der Waals surface area contributed by atoms with Crippen LogP contribution < -0.4 is 0 Å². The molecule has 0 aliphatic rings. The van der Waals surface area contributed by atoms with Gasteiger partial charge in [0, 0.05) is 0 Å². The zero-order valence-corrected chi connectivity index (χ0v) is 20.9. The van der Waals surface area contributed by atoms with Crippen LogP contribution in [0.5, 0.6) is 11.5 Å². The molecule has 4 aromatic rings. The van der Waals surface area contributed by atoms with Crippen LogP contribution in [-0.2, 0) is 39.0 Å². The normalized spacial score (nSPS) is 10.2. The van der Waals surface area contributed by atoms with E-state index in [1.165, 1.54) is 36.4 Å². The predicted molar refractivity (Wildman–Crippen MR) is 120 cm³/mol.